The summed E-state index contributed by atoms with van der Waals surface area (Å²) in [5.74, 6) is 0.313. The molecule has 3 N–H and O–H groups in total. The fourth-order valence-corrected chi connectivity index (χ4v) is 1.53. The molecule has 0 saturated heterocycles. The molecule has 6 nitrogen and oxygen atoms in total. The average Bonchev–Trinajstić information content (AvgIpc) is 2.43. The lowest BCUT2D eigenvalue weighted by atomic mass is 10.2. The van der Waals surface area contributed by atoms with E-state index in [2.05, 4.69) is 16.0 Å². The molecule has 104 valence electrons. The molecule has 0 aliphatic rings. The van der Waals surface area contributed by atoms with Crippen molar-refractivity contribution in [1.82, 2.24) is 16.0 Å². The molecule has 0 saturated carbocycles. The van der Waals surface area contributed by atoms with Crippen LogP contribution in [0.3, 0.4) is 0 Å². The van der Waals surface area contributed by atoms with Gasteiger partial charge in [0.05, 0.1) is 13.7 Å². The number of urea groups is 1. The highest BCUT2D eigenvalue weighted by molar-refractivity contribution is 6.30. The van der Waals surface area contributed by atoms with E-state index in [1.54, 1.807) is 18.2 Å². The molecule has 3 amide bonds. The van der Waals surface area contributed by atoms with Gasteiger partial charge in [0.25, 0.3) is 0 Å². The summed E-state index contributed by atoms with van der Waals surface area (Å²) in [5, 5.41) is 7.98. The van der Waals surface area contributed by atoms with E-state index >= 15 is 0 Å². The maximum atomic E-state index is 11.5. The second-order valence-electron chi connectivity index (χ2n) is 3.67. The molecule has 0 aromatic heterocycles. The normalized spacial score (nSPS) is 9.63. The Morgan fingerprint density at radius 2 is 2.05 bits per heavy atom. The van der Waals surface area contributed by atoms with Crippen molar-refractivity contribution in [3.05, 3.63) is 28.8 Å². The Kier molecular flexibility index (Phi) is 5.95. The zero-order chi connectivity index (χ0) is 14.3. The van der Waals surface area contributed by atoms with E-state index < -0.39 is 6.03 Å². The largest absolute Gasteiger partial charge is 0.496 e. The van der Waals surface area contributed by atoms with Gasteiger partial charge in [-0.15, -0.1) is 0 Å². The Morgan fingerprint density at radius 1 is 1.32 bits per heavy atom. The molecule has 0 fully saturated rings. The van der Waals surface area contributed by atoms with Crippen molar-refractivity contribution in [2.75, 3.05) is 20.7 Å². The van der Waals surface area contributed by atoms with Gasteiger partial charge < -0.3 is 20.7 Å². The molecule has 0 aliphatic carbocycles. The van der Waals surface area contributed by atoms with Crippen LogP contribution in [0.5, 0.6) is 5.75 Å². The predicted octanol–water partition coefficient (Wildman–Crippen LogP) is 0.894. The minimum Gasteiger partial charge on any atom is -0.496 e. The third kappa shape index (κ3) is 5.05. The molecule has 0 spiro atoms. The molecule has 0 unspecified atom stereocenters. The summed E-state index contributed by atoms with van der Waals surface area (Å²) in [6.45, 7) is 0.212. The van der Waals surface area contributed by atoms with Crippen LogP contribution in [0.4, 0.5) is 4.79 Å². The highest BCUT2D eigenvalue weighted by atomic mass is 35.5. The van der Waals surface area contributed by atoms with Crippen molar-refractivity contribution in [3.8, 4) is 5.75 Å². The van der Waals surface area contributed by atoms with Crippen molar-refractivity contribution < 1.29 is 14.3 Å². The summed E-state index contributed by atoms with van der Waals surface area (Å²) in [6.07, 6.45) is 0. The molecule has 0 aliphatic heterocycles. The number of hydrogen-bond acceptors (Lipinski definition) is 3. The van der Waals surface area contributed by atoms with Gasteiger partial charge in [0.15, 0.2) is 0 Å². The summed E-state index contributed by atoms with van der Waals surface area (Å²) in [4.78, 5) is 22.4. The summed E-state index contributed by atoms with van der Waals surface area (Å²) in [7, 11) is 3.01. The zero-order valence-corrected chi connectivity index (χ0v) is 11.5. The molecular formula is C12H16ClN3O3. The number of ether oxygens (including phenoxy) is 1. The molecule has 0 radical (unpaired) electrons. The van der Waals surface area contributed by atoms with Crippen LogP contribution in [0.2, 0.25) is 5.02 Å². The summed E-state index contributed by atoms with van der Waals surface area (Å²) in [5.41, 5.74) is 0.806. The Hall–Kier alpha value is -1.95. The Morgan fingerprint density at radius 3 is 2.68 bits per heavy atom. The van der Waals surface area contributed by atoms with Crippen LogP contribution >= 0.6 is 11.6 Å². The van der Waals surface area contributed by atoms with Crippen LogP contribution in [0.15, 0.2) is 18.2 Å². The third-order valence-electron chi connectivity index (χ3n) is 2.36. The van der Waals surface area contributed by atoms with E-state index in [-0.39, 0.29) is 12.5 Å². The maximum Gasteiger partial charge on any atom is 0.314 e. The third-order valence-corrected chi connectivity index (χ3v) is 2.60. The lowest BCUT2D eigenvalue weighted by Crippen LogP contribution is -2.40. The number of rotatable bonds is 5. The van der Waals surface area contributed by atoms with E-state index in [1.807, 2.05) is 0 Å². The quantitative estimate of drug-likeness (QED) is 0.752. The molecule has 7 heteroatoms. The van der Waals surface area contributed by atoms with E-state index in [0.717, 1.165) is 5.56 Å². The number of hydrogen-bond donors (Lipinski definition) is 3. The highest BCUT2D eigenvalue weighted by Gasteiger charge is 2.07. The molecule has 0 heterocycles. The minimum absolute atomic E-state index is 0.0877. The molecule has 1 rings (SSSR count). The average molecular weight is 286 g/mol. The van der Waals surface area contributed by atoms with Gasteiger partial charge in [-0.2, -0.15) is 0 Å². The van der Waals surface area contributed by atoms with Crippen molar-refractivity contribution in [1.29, 1.82) is 0 Å². The molecule has 1 aromatic rings. The SMILES string of the molecule is CNC(=O)NCC(=O)NCc1ccc(Cl)cc1OC. The van der Waals surface area contributed by atoms with E-state index in [0.29, 0.717) is 17.3 Å². The van der Waals surface area contributed by atoms with Crippen molar-refractivity contribution in [2.24, 2.45) is 0 Å². The second-order valence-corrected chi connectivity index (χ2v) is 4.10. The van der Waals surface area contributed by atoms with Gasteiger partial charge in [-0.1, -0.05) is 17.7 Å². The number of methoxy groups -OCH3 is 1. The van der Waals surface area contributed by atoms with Gasteiger partial charge in [-0.3, -0.25) is 4.79 Å². The first-order chi connectivity index (χ1) is 9.06. The van der Waals surface area contributed by atoms with Crippen LogP contribution in [0, 0.1) is 0 Å². The van der Waals surface area contributed by atoms with E-state index in [4.69, 9.17) is 16.3 Å². The van der Waals surface area contributed by atoms with Gasteiger partial charge in [0, 0.05) is 24.2 Å². The van der Waals surface area contributed by atoms with Crippen molar-refractivity contribution in [2.45, 2.75) is 6.54 Å². The van der Waals surface area contributed by atoms with Gasteiger partial charge in [0.2, 0.25) is 5.91 Å². The first kappa shape index (κ1) is 15.1. The maximum absolute atomic E-state index is 11.5. The van der Waals surface area contributed by atoms with Crippen LogP contribution in [-0.4, -0.2) is 32.6 Å². The summed E-state index contributed by atoms with van der Waals surface area (Å²) in [6, 6.07) is 4.76. The number of benzene rings is 1. The molecule has 1 aromatic carbocycles. The molecule has 0 bridgehead atoms. The number of carbonyl (C=O) groups excluding carboxylic acids is 2. The molecular weight excluding hydrogens is 270 g/mol. The first-order valence-corrected chi connectivity index (χ1v) is 5.99. The number of halogens is 1. The smallest absolute Gasteiger partial charge is 0.314 e. The lowest BCUT2D eigenvalue weighted by molar-refractivity contribution is -0.120. The van der Waals surface area contributed by atoms with E-state index in [9.17, 15) is 9.59 Å². The standard InChI is InChI=1S/C12H16ClN3O3/c1-14-12(18)16-7-11(17)15-6-8-3-4-9(13)5-10(8)19-2/h3-5H,6-7H2,1-2H3,(H,15,17)(H2,14,16,18). The van der Waals surface area contributed by atoms with Crippen molar-refractivity contribution in [3.63, 3.8) is 0 Å². The second kappa shape index (κ2) is 7.48. The number of amides is 3. The zero-order valence-electron chi connectivity index (χ0n) is 10.7. The summed E-state index contributed by atoms with van der Waals surface area (Å²) >= 11 is 5.84. The fraction of sp³-hybridized carbons (Fsp3) is 0.333. The Balaban J connectivity index is 2.48. The predicted molar refractivity (Wildman–Crippen MR) is 72.3 cm³/mol. The topological polar surface area (TPSA) is 79.5 Å². The lowest BCUT2D eigenvalue weighted by Gasteiger charge is -2.10. The van der Waals surface area contributed by atoms with Gasteiger partial charge in [-0.05, 0) is 12.1 Å². The Labute approximate surface area is 116 Å². The van der Waals surface area contributed by atoms with Crippen LogP contribution in [0.25, 0.3) is 0 Å². The van der Waals surface area contributed by atoms with Crippen LogP contribution < -0.4 is 20.7 Å². The summed E-state index contributed by atoms with van der Waals surface area (Å²) < 4.78 is 5.16. The fourth-order valence-electron chi connectivity index (χ4n) is 1.37. The van der Waals surface area contributed by atoms with Gasteiger partial charge in [0.1, 0.15) is 5.75 Å². The first-order valence-electron chi connectivity index (χ1n) is 5.61. The van der Waals surface area contributed by atoms with E-state index in [1.165, 1.54) is 14.2 Å². The molecule has 19 heavy (non-hydrogen) atoms. The number of carbonyl (C=O) groups is 2. The van der Waals surface area contributed by atoms with Crippen LogP contribution in [0.1, 0.15) is 5.56 Å². The Bertz CT molecular complexity index is 466. The monoisotopic (exact) mass is 285 g/mol. The minimum atomic E-state index is -0.403. The van der Waals surface area contributed by atoms with Gasteiger partial charge >= 0.3 is 6.03 Å². The highest BCUT2D eigenvalue weighted by Crippen LogP contribution is 2.22. The van der Waals surface area contributed by atoms with Crippen LogP contribution in [-0.2, 0) is 11.3 Å². The van der Waals surface area contributed by atoms with Gasteiger partial charge in [-0.25, -0.2) is 4.79 Å². The number of nitrogens with one attached hydrogen (secondary N) is 3. The molecule has 0 atom stereocenters. The van der Waals surface area contributed by atoms with Crippen molar-refractivity contribution >= 4 is 23.5 Å².